The van der Waals surface area contributed by atoms with Gasteiger partial charge in [-0.3, -0.25) is 0 Å². The van der Waals surface area contributed by atoms with Crippen LogP contribution in [0.2, 0.25) is 0 Å². The van der Waals surface area contributed by atoms with Crippen LogP contribution in [0.1, 0.15) is 18.4 Å². The van der Waals surface area contributed by atoms with Gasteiger partial charge in [-0.25, -0.2) is 0 Å². The molecular weight excluding hydrogens is 188 g/mol. The van der Waals surface area contributed by atoms with Crippen molar-refractivity contribution in [1.82, 2.24) is 10.2 Å². The second-order valence-electron chi connectivity index (χ2n) is 4.51. The number of furan rings is 1. The topological polar surface area (TPSA) is 28.4 Å². The van der Waals surface area contributed by atoms with E-state index in [1.807, 2.05) is 12.3 Å². The highest BCUT2D eigenvalue weighted by Crippen LogP contribution is 2.14. The molecule has 0 amide bonds. The number of likely N-dealkylation sites (tertiary alicyclic amines) is 1. The normalized spacial score (nSPS) is 19.5. The molecule has 1 aliphatic heterocycles. The molecule has 0 aromatic carbocycles. The van der Waals surface area contributed by atoms with E-state index in [-0.39, 0.29) is 0 Å². The summed E-state index contributed by atoms with van der Waals surface area (Å²) in [6.07, 6.45) is 6.19. The molecule has 1 fully saturated rings. The molecule has 2 heterocycles. The third-order valence-electron chi connectivity index (χ3n) is 3.18. The average Bonchev–Trinajstić information content (AvgIpc) is 2.74. The maximum absolute atomic E-state index is 5.02. The maximum Gasteiger partial charge on any atom is 0.0947 e. The molecule has 84 valence electrons. The predicted molar refractivity (Wildman–Crippen MR) is 60.6 cm³/mol. The molecule has 0 spiro atoms. The van der Waals surface area contributed by atoms with Crippen LogP contribution in [0.25, 0.3) is 0 Å². The molecular formula is C12H20N2O. The van der Waals surface area contributed by atoms with Crippen LogP contribution >= 0.6 is 0 Å². The lowest BCUT2D eigenvalue weighted by Crippen LogP contribution is -2.34. The van der Waals surface area contributed by atoms with Gasteiger partial charge >= 0.3 is 0 Å². The zero-order valence-electron chi connectivity index (χ0n) is 9.41. The van der Waals surface area contributed by atoms with Gasteiger partial charge in [0.05, 0.1) is 12.5 Å². The third-order valence-corrected chi connectivity index (χ3v) is 3.18. The summed E-state index contributed by atoms with van der Waals surface area (Å²) in [6.45, 7) is 4.57. The first-order chi connectivity index (χ1) is 7.34. The molecule has 3 heteroatoms. The van der Waals surface area contributed by atoms with Gasteiger partial charge < -0.3 is 14.6 Å². The van der Waals surface area contributed by atoms with Gasteiger partial charge in [-0.15, -0.1) is 0 Å². The number of hydrogen-bond acceptors (Lipinski definition) is 3. The molecule has 0 radical (unpaired) electrons. The molecule has 0 aliphatic carbocycles. The fraction of sp³-hybridized carbons (Fsp3) is 0.667. The van der Waals surface area contributed by atoms with Crippen molar-refractivity contribution in [2.45, 2.75) is 19.4 Å². The van der Waals surface area contributed by atoms with E-state index >= 15 is 0 Å². The van der Waals surface area contributed by atoms with Gasteiger partial charge in [0.2, 0.25) is 0 Å². The summed E-state index contributed by atoms with van der Waals surface area (Å²) in [5, 5.41) is 3.49. The zero-order chi connectivity index (χ0) is 10.5. The van der Waals surface area contributed by atoms with E-state index in [4.69, 9.17) is 4.42 Å². The van der Waals surface area contributed by atoms with Crippen molar-refractivity contribution in [2.24, 2.45) is 5.92 Å². The van der Waals surface area contributed by atoms with E-state index in [1.54, 1.807) is 6.26 Å². The SMILES string of the molecule is CN1CCC(CNCc2ccoc2)CC1. The van der Waals surface area contributed by atoms with Gasteiger partial charge in [0.25, 0.3) is 0 Å². The first kappa shape index (κ1) is 10.7. The van der Waals surface area contributed by atoms with Gasteiger partial charge in [0, 0.05) is 12.1 Å². The number of rotatable bonds is 4. The van der Waals surface area contributed by atoms with Crippen LogP contribution < -0.4 is 5.32 Å². The van der Waals surface area contributed by atoms with Crippen molar-refractivity contribution in [1.29, 1.82) is 0 Å². The lowest BCUT2D eigenvalue weighted by atomic mass is 9.97. The van der Waals surface area contributed by atoms with Crippen LogP contribution in [0.4, 0.5) is 0 Å². The van der Waals surface area contributed by atoms with Crippen LogP contribution in [-0.4, -0.2) is 31.6 Å². The Morgan fingerprint density at radius 1 is 1.47 bits per heavy atom. The van der Waals surface area contributed by atoms with Crippen molar-refractivity contribution >= 4 is 0 Å². The van der Waals surface area contributed by atoms with Gasteiger partial charge in [0.1, 0.15) is 0 Å². The Hall–Kier alpha value is -0.800. The Bertz CT molecular complexity index is 263. The summed E-state index contributed by atoms with van der Waals surface area (Å²) in [6, 6.07) is 2.02. The largest absolute Gasteiger partial charge is 0.472 e. The van der Waals surface area contributed by atoms with Gasteiger partial charge in [-0.05, 0) is 51.5 Å². The second kappa shape index (κ2) is 5.33. The first-order valence-electron chi connectivity index (χ1n) is 5.75. The first-order valence-corrected chi connectivity index (χ1v) is 5.75. The molecule has 0 bridgehead atoms. The smallest absolute Gasteiger partial charge is 0.0947 e. The molecule has 1 N–H and O–H groups in total. The number of hydrogen-bond donors (Lipinski definition) is 1. The summed E-state index contributed by atoms with van der Waals surface area (Å²) in [5.74, 6) is 0.855. The van der Waals surface area contributed by atoms with Crippen molar-refractivity contribution in [3.05, 3.63) is 24.2 Å². The minimum Gasteiger partial charge on any atom is -0.472 e. The van der Waals surface area contributed by atoms with Crippen LogP contribution in [0.15, 0.2) is 23.0 Å². The Morgan fingerprint density at radius 2 is 2.27 bits per heavy atom. The van der Waals surface area contributed by atoms with Gasteiger partial charge in [0.15, 0.2) is 0 Å². The third kappa shape index (κ3) is 3.36. The highest BCUT2D eigenvalue weighted by molar-refractivity contribution is 5.04. The molecule has 1 saturated heterocycles. The highest BCUT2D eigenvalue weighted by Gasteiger charge is 2.15. The van der Waals surface area contributed by atoms with E-state index in [1.165, 1.54) is 31.5 Å². The Kier molecular flexibility index (Phi) is 3.80. The van der Waals surface area contributed by atoms with Crippen molar-refractivity contribution in [3.8, 4) is 0 Å². The Morgan fingerprint density at radius 3 is 2.93 bits per heavy atom. The number of nitrogens with one attached hydrogen (secondary N) is 1. The Balaban J connectivity index is 1.62. The minimum absolute atomic E-state index is 0.855. The molecule has 1 aliphatic rings. The molecule has 0 saturated carbocycles. The van der Waals surface area contributed by atoms with Crippen LogP contribution in [-0.2, 0) is 6.54 Å². The Labute approximate surface area is 91.4 Å². The maximum atomic E-state index is 5.02. The fourth-order valence-corrected chi connectivity index (χ4v) is 2.08. The fourth-order valence-electron chi connectivity index (χ4n) is 2.08. The molecule has 0 atom stereocenters. The summed E-state index contributed by atoms with van der Waals surface area (Å²) in [7, 11) is 2.20. The molecule has 2 rings (SSSR count). The summed E-state index contributed by atoms with van der Waals surface area (Å²) >= 11 is 0. The average molecular weight is 208 g/mol. The predicted octanol–water partition coefficient (Wildman–Crippen LogP) is 1.71. The molecule has 1 aromatic heterocycles. The van der Waals surface area contributed by atoms with Crippen LogP contribution in [0.3, 0.4) is 0 Å². The minimum atomic E-state index is 0.855. The van der Waals surface area contributed by atoms with E-state index in [9.17, 15) is 0 Å². The summed E-state index contributed by atoms with van der Waals surface area (Å²) < 4.78 is 5.02. The summed E-state index contributed by atoms with van der Waals surface area (Å²) in [5.41, 5.74) is 1.24. The van der Waals surface area contributed by atoms with E-state index < -0.39 is 0 Å². The van der Waals surface area contributed by atoms with Gasteiger partial charge in [-0.1, -0.05) is 0 Å². The quantitative estimate of drug-likeness (QED) is 0.816. The molecule has 3 nitrogen and oxygen atoms in total. The lowest BCUT2D eigenvalue weighted by molar-refractivity contribution is 0.216. The standard InChI is InChI=1S/C12H20N2O/c1-14-5-2-11(3-6-14)8-13-9-12-4-7-15-10-12/h4,7,10-11,13H,2-3,5-6,8-9H2,1H3. The highest BCUT2D eigenvalue weighted by atomic mass is 16.3. The van der Waals surface area contributed by atoms with Crippen molar-refractivity contribution in [2.75, 3.05) is 26.7 Å². The van der Waals surface area contributed by atoms with E-state index in [0.29, 0.717) is 0 Å². The number of piperidine rings is 1. The molecule has 15 heavy (non-hydrogen) atoms. The van der Waals surface area contributed by atoms with Crippen LogP contribution in [0, 0.1) is 5.92 Å². The zero-order valence-corrected chi connectivity index (χ0v) is 9.41. The monoisotopic (exact) mass is 208 g/mol. The van der Waals surface area contributed by atoms with Gasteiger partial charge in [-0.2, -0.15) is 0 Å². The van der Waals surface area contributed by atoms with Crippen molar-refractivity contribution < 1.29 is 4.42 Å². The molecule has 0 unspecified atom stereocenters. The second-order valence-corrected chi connectivity index (χ2v) is 4.51. The van der Waals surface area contributed by atoms with E-state index in [2.05, 4.69) is 17.3 Å². The van der Waals surface area contributed by atoms with Crippen LogP contribution in [0.5, 0.6) is 0 Å². The summed E-state index contributed by atoms with van der Waals surface area (Å²) in [4.78, 5) is 2.41. The molecule has 1 aromatic rings. The number of nitrogens with zero attached hydrogens (tertiary/aromatic N) is 1. The van der Waals surface area contributed by atoms with E-state index in [0.717, 1.165) is 19.0 Å². The lowest BCUT2D eigenvalue weighted by Gasteiger charge is -2.28. The van der Waals surface area contributed by atoms with Crippen molar-refractivity contribution in [3.63, 3.8) is 0 Å².